The molecule has 146 valence electrons. The predicted octanol–water partition coefficient (Wildman–Crippen LogP) is 6.05. The third kappa shape index (κ3) is 3.10. The molecule has 0 aliphatic heterocycles. The van der Waals surface area contributed by atoms with Gasteiger partial charge in [-0.25, -0.2) is 9.98 Å². The van der Waals surface area contributed by atoms with Crippen LogP contribution in [0.3, 0.4) is 0 Å². The van der Waals surface area contributed by atoms with Crippen LogP contribution in [0.4, 0.5) is 10.8 Å². The summed E-state index contributed by atoms with van der Waals surface area (Å²) in [6.07, 6.45) is 5.10. The van der Waals surface area contributed by atoms with Gasteiger partial charge >= 0.3 is 5.69 Å². The molecule has 0 fully saturated rings. The van der Waals surface area contributed by atoms with Crippen molar-refractivity contribution in [3.05, 3.63) is 55.7 Å². The molecule has 1 aliphatic rings. The average Bonchev–Trinajstić information content (AvgIpc) is 3.27. The zero-order valence-corrected chi connectivity index (χ0v) is 17.4. The predicted molar refractivity (Wildman–Crippen MR) is 116 cm³/mol. The van der Waals surface area contributed by atoms with Crippen LogP contribution in [0.25, 0.3) is 21.2 Å². The Kier molecular flexibility index (Phi) is 4.36. The highest BCUT2D eigenvalue weighted by Crippen LogP contribution is 2.42. The highest BCUT2D eigenvalue weighted by atomic mass is 79.9. The molecule has 2 aromatic carbocycles. The van der Waals surface area contributed by atoms with Crippen LogP contribution in [0.1, 0.15) is 29.7 Å². The maximum Gasteiger partial charge on any atom is 0.315 e. The minimum atomic E-state index is -0.608. The lowest BCUT2D eigenvalue weighted by Gasteiger charge is -2.09. The molecule has 0 amide bonds. The Morgan fingerprint density at radius 2 is 2.14 bits per heavy atom. The molecule has 1 N–H and O–H groups in total. The van der Waals surface area contributed by atoms with Gasteiger partial charge in [0.2, 0.25) is 10.9 Å². The van der Waals surface area contributed by atoms with Crippen molar-refractivity contribution >= 4 is 65.5 Å². The van der Waals surface area contributed by atoms with Gasteiger partial charge < -0.3 is 9.52 Å². The van der Waals surface area contributed by atoms with Crippen LogP contribution >= 0.6 is 27.3 Å². The Bertz CT molecular complexity index is 1320. The van der Waals surface area contributed by atoms with Gasteiger partial charge in [0.1, 0.15) is 11.3 Å². The standard InChI is InChI=1S/C20H14BrN3O4S/c21-10-5-6-13-17(7-10)29-20(23-13)22-9-12-18-11-3-1-2-4-15(11)28-16(18)8-14(19(12)25)24(26)27/h5-9,25H,1-4H2. The number of benzene rings is 2. The normalized spacial score (nSPS) is 14.1. The maximum absolute atomic E-state index is 11.4. The molecule has 2 aromatic heterocycles. The zero-order chi connectivity index (χ0) is 20.1. The van der Waals surface area contributed by atoms with Gasteiger partial charge in [-0.05, 0) is 37.5 Å². The molecular weight excluding hydrogens is 458 g/mol. The van der Waals surface area contributed by atoms with Gasteiger partial charge in [0.25, 0.3) is 0 Å². The number of aliphatic imine (C=N–C) groups is 1. The maximum atomic E-state index is 11.4. The molecule has 29 heavy (non-hydrogen) atoms. The van der Waals surface area contributed by atoms with E-state index in [2.05, 4.69) is 25.9 Å². The van der Waals surface area contributed by atoms with Crippen molar-refractivity contribution in [3.8, 4) is 5.75 Å². The summed E-state index contributed by atoms with van der Waals surface area (Å²) in [5.41, 5.74) is 2.15. The number of nitro groups is 1. The van der Waals surface area contributed by atoms with Crippen LogP contribution in [0.15, 0.2) is 38.1 Å². The Morgan fingerprint density at radius 3 is 2.97 bits per heavy atom. The monoisotopic (exact) mass is 471 g/mol. The number of rotatable bonds is 3. The minimum Gasteiger partial charge on any atom is -0.502 e. The number of halogens is 1. The van der Waals surface area contributed by atoms with Gasteiger partial charge in [-0.2, -0.15) is 0 Å². The summed E-state index contributed by atoms with van der Waals surface area (Å²) >= 11 is 4.84. The molecule has 0 saturated carbocycles. The number of hydrogen-bond acceptors (Lipinski definition) is 7. The molecular formula is C20H14BrN3O4S. The molecule has 0 atom stereocenters. The van der Waals surface area contributed by atoms with Crippen molar-refractivity contribution in [1.82, 2.24) is 4.98 Å². The topological polar surface area (TPSA) is 102 Å². The number of furan rings is 1. The second-order valence-electron chi connectivity index (χ2n) is 6.87. The molecule has 0 radical (unpaired) electrons. The summed E-state index contributed by atoms with van der Waals surface area (Å²) in [6.45, 7) is 0. The van der Waals surface area contributed by atoms with E-state index in [0.29, 0.717) is 21.7 Å². The van der Waals surface area contributed by atoms with E-state index in [1.165, 1.54) is 23.6 Å². The fourth-order valence-corrected chi connectivity index (χ4v) is 5.12. The first kappa shape index (κ1) is 18.3. The fourth-order valence-electron chi connectivity index (χ4n) is 3.76. The van der Waals surface area contributed by atoms with Crippen molar-refractivity contribution in [2.45, 2.75) is 25.7 Å². The first-order valence-electron chi connectivity index (χ1n) is 9.06. The Labute approximate surface area is 177 Å². The van der Waals surface area contributed by atoms with E-state index in [0.717, 1.165) is 51.7 Å². The summed E-state index contributed by atoms with van der Waals surface area (Å²) < 4.78 is 7.82. The van der Waals surface area contributed by atoms with Crippen LogP contribution in [-0.2, 0) is 12.8 Å². The van der Waals surface area contributed by atoms with E-state index in [4.69, 9.17) is 4.42 Å². The minimum absolute atomic E-state index is 0.307. The van der Waals surface area contributed by atoms with Gasteiger partial charge in [0.05, 0.1) is 26.8 Å². The summed E-state index contributed by atoms with van der Waals surface area (Å²) in [5, 5.41) is 23.3. The number of phenolic OH excluding ortho intramolecular Hbond substituents is 1. The lowest BCUT2D eigenvalue weighted by atomic mass is 9.93. The molecule has 1 aliphatic carbocycles. The zero-order valence-electron chi connectivity index (χ0n) is 15.0. The number of phenols is 1. The SMILES string of the molecule is O=[N+]([O-])c1cc2oc3c(c2c(C=Nc2nc4ccc(Br)cc4s2)c1O)CCCC3. The average molecular weight is 472 g/mol. The summed E-state index contributed by atoms with van der Waals surface area (Å²) in [4.78, 5) is 19.7. The van der Waals surface area contributed by atoms with Gasteiger partial charge in [0.15, 0.2) is 0 Å². The molecule has 0 unspecified atom stereocenters. The number of hydrogen-bond donors (Lipinski definition) is 1. The molecule has 0 bridgehead atoms. The Hall–Kier alpha value is -2.78. The first-order chi connectivity index (χ1) is 14.0. The van der Waals surface area contributed by atoms with Crippen LogP contribution in [0.2, 0.25) is 0 Å². The van der Waals surface area contributed by atoms with Gasteiger partial charge in [-0.3, -0.25) is 10.1 Å². The van der Waals surface area contributed by atoms with E-state index in [1.807, 2.05) is 18.2 Å². The molecule has 9 heteroatoms. The summed E-state index contributed by atoms with van der Waals surface area (Å²) in [7, 11) is 0. The number of aromatic nitrogens is 1. The van der Waals surface area contributed by atoms with E-state index >= 15 is 0 Å². The second-order valence-corrected chi connectivity index (χ2v) is 8.79. The van der Waals surface area contributed by atoms with E-state index in [-0.39, 0.29) is 0 Å². The molecule has 4 aromatic rings. The Morgan fingerprint density at radius 1 is 1.31 bits per heavy atom. The highest BCUT2D eigenvalue weighted by Gasteiger charge is 2.27. The van der Waals surface area contributed by atoms with E-state index in [9.17, 15) is 15.2 Å². The smallest absolute Gasteiger partial charge is 0.315 e. The van der Waals surface area contributed by atoms with Crippen LogP contribution < -0.4 is 0 Å². The van der Waals surface area contributed by atoms with Gasteiger partial charge in [-0.1, -0.05) is 27.3 Å². The third-order valence-electron chi connectivity index (χ3n) is 5.07. The summed E-state index contributed by atoms with van der Waals surface area (Å²) in [5.74, 6) is 0.440. The third-order valence-corrected chi connectivity index (χ3v) is 6.49. The number of aryl methyl sites for hydroxylation is 2. The fraction of sp³-hybridized carbons (Fsp3) is 0.200. The van der Waals surface area contributed by atoms with E-state index in [1.54, 1.807) is 0 Å². The van der Waals surface area contributed by atoms with Crippen molar-refractivity contribution in [3.63, 3.8) is 0 Å². The Balaban J connectivity index is 1.69. The number of nitrogens with zero attached hydrogens (tertiary/aromatic N) is 3. The number of fused-ring (bicyclic) bond motifs is 4. The van der Waals surface area contributed by atoms with Crippen molar-refractivity contribution < 1.29 is 14.4 Å². The molecule has 0 spiro atoms. The molecule has 2 heterocycles. The first-order valence-corrected chi connectivity index (χ1v) is 10.7. The molecule has 0 saturated heterocycles. The molecule has 5 rings (SSSR count). The second kappa shape index (κ2) is 6.93. The lowest BCUT2D eigenvalue weighted by Crippen LogP contribution is -2.00. The number of thiazole rings is 1. The lowest BCUT2D eigenvalue weighted by molar-refractivity contribution is -0.385. The van der Waals surface area contributed by atoms with Crippen LogP contribution in [0.5, 0.6) is 5.75 Å². The highest BCUT2D eigenvalue weighted by molar-refractivity contribution is 9.10. The van der Waals surface area contributed by atoms with Crippen molar-refractivity contribution in [1.29, 1.82) is 0 Å². The van der Waals surface area contributed by atoms with Gasteiger partial charge in [-0.15, -0.1) is 0 Å². The largest absolute Gasteiger partial charge is 0.502 e. The van der Waals surface area contributed by atoms with Crippen LogP contribution in [-0.4, -0.2) is 21.2 Å². The number of nitro benzene ring substituents is 1. The van der Waals surface area contributed by atoms with Crippen molar-refractivity contribution in [2.75, 3.05) is 0 Å². The van der Waals surface area contributed by atoms with Crippen molar-refractivity contribution in [2.24, 2.45) is 4.99 Å². The molecule has 7 nitrogen and oxygen atoms in total. The summed E-state index contributed by atoms with van der Waals surface area (Å²) in [6, 6.07) is 7.06. The number of aromatic hydroxyl groups is 1. The van der Waals surface area contributed by atoms with E-state index < -0.39 is 16.4 Å². The van der Waals surface area contributed by atoms with Gasteiger partial charge in [0, 0.05) is 28.1 Å². The van der Waals surface area contributed by atoms with Crippen LogP contribution in [0, 0.1) is 10.1 Å². The quantitative estimate of drug-likeness (QED) is 0.222.